The van der Waals surface area contributed by atoms with Crippen molar-refractivity contribution in [3.05, 3.63) is 36.0 Å². The maximum absolute atomic E-state index is 13.6. The summed E-state index contributed by atoms with van der Waals surface area (Å²) in [4.78, 5) is 3.91. The van der Waals surface area contributed by atoms with Crippen molar-refractivity contribution in [2.45, 2.75) is 26.9 Å². The molecule has 20 heavy (non-hydrogen) atoms. The summed E-state index contributed by atoms with van der Waals surface area (Å²) >= 11 is 0. The van der Waals surface area contributed by atoms with E-state index >= 15 is 0 Å². The van der Waals surface area contributed by atoms with Crippen LogP contribution in [0.2, 0.25) is 0 Å². The van der Waals surface area contributed by atoms with Crippen molar-refractivity contribution in [2.24, 2.45) is 5.41 Å². The molecule has 0 fully saturated rings. The first-order valence-electron chi connectivity index (χ1n) is 6.45. The van der Waals surface area contributed by atoms with E-state index in [0.717, 1.165) is 6.07 Å². The van der Waals surface area contributed by atoms with Crippen molar-refractivity contribution in [2.75, 3.05) is 11.9 Å². The molecule has 0 saturated heterocycles. The van der Waals surface area contributed by atoms with Gasteiger partial charge in [0.1, 0.15) is 11.3 Å². The van der Waals surface area contributed by atoms with E-state index in [2.05, 4.69) is 10.3 Å². The van der Waals surface area contributed by atoms with E-state index in [-0.39, 0.29) is 10.9 Å². The number of anilines is 1. The van der Waals surface area contributed by atoms with Crippen molar-refractivity contribution < 1.29 is 13.9 Å². The molecule has 0 saturated carbocycles. The molecule has 3 nitrogen and oxygen atoms in total. The number of halogens is 2. The van der Waals surface area contributed by atoms with Gasteiger partial charge in [-0.25, -0.2) is 8.78 Å². The Morgan fingerprint density at radius 3 is 2.65 bits per heavy atom. The van der Waals surface area contributed by atoms with Gasteiger partial charge in [0.05, 0.1) is 6.10 Å². The molecular formula is C15H18F2N2O. The van der Waals surface area contributed by atoms with Crippen LogP contribution in [0.1, 0.15) is 20.8 Å². The average Bonchev–Trinajstić information content (AvgIpc) is 2.34. The van der Waals surface area contributed by atoms with E-state index in [1.54, 1.807) is 6.07 Å². The van der Waals surface area contributed by atoms with E-state index < -0.39 is 17.7 Å². The second-order valence-electron chi connectivity index (χ2n) is 5.91. The molecule has 2 aromatic rings. The highest BCUT2D eigenvalue weighted by molar-refractivity contribution is 5.91. The number of hydrogen-bond donors (Lipinski definition) is 2. The molecule has 5 heteroatoms. The summed E-state index contributed by atoms with van der Waals surface area (Å²) in [6, 6.07) is 3.68. The smallest absolute Gasteiger partial charge is 0.152 e. The van der Waals surface area contributed by atoms with Gasteiger partial charge in [-0.15, -0.1) is 0 Å². The summed E-state index contributed by atoms with van der Waals surface area (Å²) in [5.41, 5.74) is 0.394. The first kappa shape index (κ1) is 14.7. The zero-order valence-electron chi connectivity index (χ0n) is 11.7. The van der Waals surface area contributed by atoms with Crippen molar-refractivity contribution in [1.29, 1.82) is 0 Å². The zero-order valence-corrected chi connectivity index (χ0v) is 11.7. The van der Waals surface area contributed by atoms with Gasteiger partial charge in [0.2, 0.25) is 0 Å². The number of aromatic nitrogens is 1. The Morgan fingerprint density at radius 2 is 2.00 bits per heavy atom. The van der Waals surface area contributed by atoms with Gasteiger partial charge in [-0.2, -0.15) is 0 Å². The van der Waals surface area contributed by atoms with Crippen LogP contribution < -0.4 is 5.32 Å². The van der Waals surface area contributed by atoms with E-state index in [1.807, 2.05) is 20.8 Å². The van der Waals surface area contributed by atoms with Gasteiger partial charge >= 0.3 is 0 Å². The maximum atomic E-state index is 13.6. The van der Waals surface area contributed by atoms with Gasteiger partial charge in [-0.3, -0.25) is 4.98 Å². The van der Waals surface area contributed by atoms with Crippen LogP contribution in [0, 0.1) is 17.0 Å². The standard InChI is InChI=1S/C15H18F2N2O/c1-15(2,3)13(20)8-19-12-4-5-18-14-10(12)6-9(16)7-11(14)17/h4-7,13,20H,8H2,1-3H3,(H,18,19). The van der Waals surface area contributed by atoms with Crippen LogP contribution in [-0.2, 0) is 0 Å². The van der Waals surface area contributed by atoms with Gasteiger partial charge in [0.25, 0.3) is 0 Å². The topological polar surface area (TPSA) is 45.1 Å². The molecule has 0 radical (unpaired) electrons. The van der Waals surface area contributed by atoms with Crippen LogP contribution in [0.15, 0.2) is 24.4 Å². The van der Waals surface area contributed by atoms with E-state index in [1.165, 1.54) is 12.3 Å². The first-order chi connectivity index (χ1) is 9.29. The second-order valence-corrected chi connectivity index (χ2v) is 5.91. The fourth-order valence-corrected chi connectivity index (χ4v) is 1.85. The van der Waals surface area contributed by atoms with E-state index in [0.29, 0.717) is 17.6 Å². The lowest BCUT2D eigenvalue weighted by molar-refractivity contribution is 0.0746. The molecule has 1 heterocycles. The molecule has 0 aliphatic carbocycles. The van der Waals surface area contributed by atoms with E-state index in [9.17, 15) is 13.9 Å². The number of pyridine rings is 1. The number of aliphatic hydroxyl groups excluding tert-OH is 1. The Hall–Kier alpha value is -1.75. The zero-order chi connectivity index (χ0) is 14.9. The Bertz CT molecular complexity index is 623. The Balaban J connectivity index is 2.31. The lowest BCUT2D eigenvalue weighted by Gasteiger charge is -2.26. The minimum Gasteiger partial charge on any atom is -0.391 e. The summed E-state index contributed by atoms with van der Waals surface area (Å²) in [6.45, 7) is 6.05. The Morgan fingerprint density at radius 1 is 1.30 bits per heavy atom. The minimum absolute atomic E-state index is 0.113. The van der Waals surface area contributed by atoms with Crippen LogP contribution in [0.4, 0.5) is 14.5 Å². The SMILES string of the molecule is CC(C)(C)C(O)CNc1ccnc2c(F)cc(F)cc12. The molecule has 1 atom stereocenters. The first-order valence-corrected chi connectivity index (χ1v) is 6.45. The van der Waals surface area contributed by atoms with Gasteiger partial charge in [-0.1, -0.05) is 20.8 Å². The maximum Gasteiger partial charge on any atom is 0.152 e. The second kappa shape index (κ2) is 5.32. The molecule has 1 aromatic heterocycles. The highest BCUT2D eigenvalue weighted by atomic mass is 19.1. The molecule has 1 unspecified atom stereocenters. The molecule has 0 spiro atoms. The van der Waals surface area contributed by atoms with Crippen LogP contribution in [0.25, 0.3) is 10.9 Å². The fraction of sp³-hybridized carbons (Fsp3) is 0.400. The predicted octanol–water partition coefficient (Wildman–Crippen LogP) is 3.33. The van der Waals surface area contributed by atoms with Gasteiger partial charge in [0.15, 0.2) is 5.82 Å². The summed E-state index contributed by atoms with van der Waals surface area (Å²) in [5.74, 6) is -1.34. The monoisotopic (exact) mass is 280 g/mol. The highest BCUT2D eigenvalue weighted by Crippen LogP contribution is 2.26. The Kier molecular flexibility index (Phi) is 3.90. The van der Waals surface area contributed by atoms with E-state index in [4.69, 9.17) is 0 Å². The lowest BCUT2D eigenvalue weighted by Crippen LogP contribution is -2.32. The summed E-state index contributed by atoms with van der Waals surface area (Å²) in [7, 11) is 0. The quantitative estimate of drug-likeness (QED) is 0.906. The Labute approximate surface area is 116 Å². The summed E-state index contributed by atoms with van der Waals surface area (Å²) in [6.07, 6.45) is 0.874. The number of benzene rings is 1. The van der Waals surface area contributed by atoms with Gasteiger partial charge in [-0.05, 0) is 17.5 Å². The predicted molar refractivity (Wildman–Crippen MR) is 75.6 cm³/mol. The molecule has 2 rings (SSSR count). The number of rotatable bonds is 3. The number of aliphatic hydroxyl groups is 1. The molecular weight excluding hydrogens is 262 g/mol. The van der Waals surface area contributed by atoms with Gasteiger partial charge < -0.3 is 10.4 Å². The third-order valence-electron chi connectivity index (χ3n) is 3.25. The van der Waals surface area contributed by atoms with Crippen molar-refractivity contribution in [3.63, 3.8) is 0 Å². The molecule has 0 bridgehead atoms. The lowest BCUT2D eigenvalue weighted by atomic mass is 9.89. The summed E-state index contributed by atoms with van der Waals surface area (Å²) < 4.78 is 27.0. The largest absolute Gasteiger partial charge is 0.391 e. The normalized spacial score (nSPS) is 13.5. The number of hydrogen-bond acceptors (Lipinski definition) is 3. The molecule has 1 aromatic carbocycles. The fourth-order valence-electron chi connectivity index (χ4n) is 1.85. The highest BCUT2D eigenvalue weighted by Gasteiger charge is 2.22. The average molecular weight is 280 g/mol. The third-order valence-corrected chi connectivity index (χ3v) is 3.25. The molecule has 0 aliphatic rings. The van der Waals surface area contributed by atoms with Crippen LogP contribution >= 0.6 is 0 Å². The third kappa shape index (κ3) is 3.04. The number of nitrogens with one attached hydrogen (secondary N) is 1. The van der Waals surface area contributed by atoms with Gasteiger partial charge in [0, 0.05) is 29.9 Å². The number of nitrogens with zero attached hydrogens (tertiary/aromatic N) is 1. The van der Waals surface area contributed by atoms with Crippen LogP contribution in [0.5, 0.6) is 0 Å². The molecule has 0 aliphatic heterocycles. The summed E-state index contributed by atoms with van der Waals surface area (Å²) in [5, 5.41) is 13.4. The minimum atomic E-state index is -0.694. The molecule has 2 N–H and O–H groups in total. The van der Waals surface area contributed by atoms with Crippen LogP contribution in [-0.4, -0.2) is 22.7 Å². The van der Waals surface area contributed by atoms with Crippen LogP contribution in [0.3, 0.4) is 0 Å². The molecule has 0 amide bonds. The van der Waals surface area contributed by atoms with Crippen molar-refractivity contribution in [3.8, 4) is 0 Å². The molecule has 108 valence electrons. The van der Waals surface area contributed by atoms with Crippen molar-refractivity contribution in [1.82, 2.24) is 4.98 Å². The number of fused-ring (bicyclic) bond motifs is 1. The van der Waals surface area contributed by atoms with Crippen molar-refractivity contribution >= 4 is 16.6 Å².